The van der Waals surface area contributed by atoms with Gasteiger partial charge >= 0.3 is 0 Å². The van der Waals surface area contributed by atoms with Gasteiger partial charge in [0.15, 0.2) is 11.0 Å². The Bertz CT molecular complexity index is 902. The maximum Gasteiger partial charge on any atom is 0.230 e. The second-order valence-electron chi connectivity index (χ2n) is 5.59. The Kier molecular flexibility index (Phi) is 6.56. The Morgan fingerprint density at radius 2 is 1.89 bits per heavy atom. The number of carbonyl (C=O) groups is 1. The minimum Gasteiger partial charge on any atom is -0.383 e. The van der Waals surface area contributed by atoms with Crippen molar-refractivity contribution in [3.8, 4) is 17.1 Å². The van der Waals surface area contributed by atoms with E-state index >= 15 is 0 Å². The highest BCUT2D eigenvalue weighted by Crippen LogP contribution is 2.29. The molecule has 3 rings (SSSR count). The number of methoxy groups -OCH3 is 1. The number of carbonyl (C=O) groups excluding carboxylic acids is 1. The van der Waals surface area contributed by atoms with Crippen LogP contribution in [-0.2, 0) is 9.53 Å². The van der Waals surface area contributed by atoms with E-state index in [0.29, 0.717) is 29.7 Å². The molecule has 27 heavy (non-hydrogen) atoms. The van der Waals surface area contributed by atoms with E-state index in [4.69, 9.17) is 4.74 Å². The van der Waals surface area contributed by atoms with Gasteiger partial charge in [-0.15, -0.1) is 10.2 Å². The van der Waals surface area contributed by atoms with Crippen molar-refractivity contribution < 1.29 is 13.9 Å². The monoisotopic (exact) mass is 386 g/mol. The van der Waals surface area contributed by atoms with Gasteiger partial charge in [-0.3, -0.25) is 9.36 Å². The Balaban J connectivity index is 1.89. The van der Waals surface area contributed by atoms with Gasteiger partial charge in [0.1, 0.15) is 5.82 Å². The zero-order valence-corrected chi connectivity index (χ0v) is 15.6. The molecule has 0 aliphatic carbocycles. The summed E-state index contributed by atoms with van der Waals surface area (Å²) >= 11 is 1.24. The summed E-state index contributed by atoms with van der Waals surface area (Å²) in [6.45, 7) is 0.899. The van der Waals surface area contributed by atoms with Gasteiger partial charge in [-0.05, 0) is 24.3 Å². The average Bonchev–Trinajstić information content (AvgIpc) is 3.11. The zero-order valence-electron chi connectivity index (χ0n) is 14.8. The second-order valence-corrected chi connectivity index (χ2v) is 6.53. The fraction of sp³-hybridized carbons (Fsp3) is 0.211. The van der Waals surface area contributed by atoms with E-state index in [2.05, 4.69) is 15.5 Å². The fourth-order valence-electron chi connectivity index (χ4n) is 2.46. The molecule has 0 unspecified atom stereocenters. The number of amides is 1. The quantitative estimate of drug-likeness (QED) is 0.476. The van der Waals surface area contributed by atoms with E-state index < -0.39 is 0 Å². The number of thioether (sulfide) groups is 1. The first-order valence-corrected chi connectivity index (χ1v) is 9.33. The van der Waals surface area contributed by atoms with Gasteiger partial charge in [0.25, 0.3) is 0 Å². The third-order valence-corrected chi connectivity index (χ3v) is 4.65. The molecular formula is C19H19FN4O2S. The average molecular weight is 386 g/mol. The van der Waals surface area contributed by atoms with Crippen LogP contribution < -0.4 is 5.32 Å². The molecule has 1 N–H and O–H groups in total. The normalized spacial score (nSPS) is 10.7. The lowest BCUT2D eigenvalue weighted by Crippen LogP contribution is -2.28. The highest BCUT2D eigenvalue weighted by Gasteiger charge is 2.19. The topological polar surface area (TPSA) is 69.0 Å². The Morgan fingerprint density at radius 3 is 2.63 bits per heavy atom. The fourth-order valence-corrected chi connectivity index (χ4v) is 3.25. The van der Waals surface area contributed by atoms with Crippen LogP contribution in [0.4, 0.5) is 4.39 Å². The van der Waals surface area contributed by atoms with Crippen LogP contribution in [0.3, 0.4) is 0 Å². The molecule has 140 valence electrons. The minimum absolute atomic E-state index is 0.132. The molecule has 1 amide bonds. The van der Waals surface area contributed by atoms with Crippen LogP contribution in [0.1, 0.15) is 0 Å². The highest BCUT2D eigenvalue weighted by atomic mass is 32.2. The predicted octanol–water partition coefficient (Wildman–Crippen LogP) is 2.93. The van der Waals surface area contributed by atoms with Crippen molar-refractivity contribution in [1.29, 1.82) is 0 Å². The lowest BCUT2D eigenvalue weighted by Gasteiger charge is -2.10. The number of ether oxygens (including phenoxy) is 1. The number of aromatic nitrogens is 3. The SMILES string of the molecule is COCCNC(=O)CSc1nnc(-c2ccccc2F)n1-c1ccccc1. The van der Waals surface area contributed by atoms with Crippen molar-refractivity contribution in [1.82, 2.24) is 20.1 Å². The molecule has 0 aliphatic rings. The van der Waals surface area contributed by atoms with E-state index in [1.165, 1.54) is 17.8 Å². The molecule has 1 aromatic heterocycles. The van der Waals surface area contributed by atoms with Crippen LogP contribution in [0.2, 0.25) is 0 Å². The number of benzene rings is 2. The molecule has 0 spiro atoms. The van der Waals surface area contributed by atoms with Gasteiger partial charge in [0.05, 0.1) is 17.9 Å². The van der Waals surface area contributed by atoms with E-state index in [1.807, 2.05) is 30.3 Å². The van der Waals surface area contributed by atoms with Crippen molar-refractivity contribution in [2.75, 3.05) is 26.0 Å². The lowest BCUT2D eigenvalue weighted by molar-refractivity contribution is -0.118. The molecule has 8 heteroatoms. The smallest absolute Gasteiger partial charge is 0.230 e. The largest absolute Gasteiger partial charge is 0.383 e. The maximum atomic E-state index is 14.3. The Morgan fingerprint density at radius 1 is 1.15 bits per heavy atom. The number of hydrogen-bond donors (Lipinski definition) is 1. The van der Waals surface area contributed by atoms with Gasteiger partial charge in [-0.25, -0.2) is 4.39 Å². The van der Waals surface area contributed by atoms with Crippen LogP contribution in [0, 0.1) is 5.82 Å². The Hall–Kier alpha value is -2.71. The molecule has 0 radical (unpaired) electrons. The summed E-state index contributed by atoms with van der Waals surface area (Å²) in [6, 6.07) is 15.8. The van der Waals surface area contributed by atoms with Crippen LogP contribution in [-0.4, -0.2) is 46.7 Å². The van der Waals surface area contributed by atoms with Crippen LogP contribution in [0.25, 0.3) is 17.1 Å². The van der Waals surface area contributed by atoms with Crippen LogP contribution in [0.5, 0.6) is 0 Å². The van der Waals surface area contributed by atoms with Crippen LogP contribution >= 0.6 is 11.8 Å². The second kappa shape index (κ2) is 9.29. The molecule has 0 aliphatic heterocycles. The van der Waals surface area contributed by atoms with Gasteiger partial charge in [-0.2, -0.15) is 0 Å². The minimum atomic E-state index is -0.379. The van der Waals surface area contributed by atoms with Crippen molar-refractivity contribution in [3.05, 3.63) is 60.4 Å². The molecule has 0 saturated heterocycles. The third kappa shape index (κ3) is 4.72. The summed E-state index contributed by atoms with van der Waals surface area (Å²) in [6.07, 6.45) is 0. The summed E-state index contributed by atoms with van der Waals surface area (Å²) in [5, 5.41) is 11.6. The van der Waals surface area contributed by atoms with Crippen LogP contribution in [0.15, 0.2) is 59.8 Å². The van der Waals surface area contributed by atoms with Gasteiger partial charge < -0.3 is 10.1 Å². The van der Waals surface area contributed by atoms with Gasteiger partial charge in [0.2, 0.25) is 5.91 Å². The summed E-state index contributed by atoms with van der Waals surface area (Å²) in [5.41, 5.74) is 1.15. The number of halogens is 1. The molecule has 3 aromatic rings. The number of rotatable bonds is 8. The Labute approximate surface area is 160 Å². The number of nitrogens with zero attached hydrogens (tertiary/aromatic N) is 3. The molecule has 6 nitrogen and oxygen atoms in total. The summed E-state index contributed by atoms with van der Waals surface area (Å²) < 4.78 is 21.0. The number of nitrogens with one attached hydrogen (secondary N) is 1. The lowest BCUT2D eigenvalue weighted by atomic mass is 10.2. The molecule has 0 saturated carbocycles. The molecule has 0 fully saturated rings. The molecule has 0 bridgehead atoms. The molecule has 1 heterocycles. The molecule has 2 aromatic carbocycles. The number of hydrogen-bond acceptors (Lipinski definition) is 5. The third-order valence-electron chi connectivity index (χ3n) is 3.72. The highest BCUT2D eigenvalue weighted by molar-refractivity contribution is 7.99. The first-order valence-electron chi connectivity index (χ1n) is 8.35. The van der Waals surface area contributed by atoms with Crippen molar-refractivity contribution in [2.24, 2.45) is 0 Å². The molecule has 0 atom stereocenters. The van der Waals surface area contributed by atoms with E-state index in [1.54, 1.807) is 29.9 Å². The zero-order chi connectivity index (χ0) is 19.1. The molecular weight excluding hydrogens is 367 g/mol. The maximum absolute atomic E-state index is 14.3. The standard InChI is InChI=1S/C19H19FN4O2S/c1-26-12-11-21-17(25)13-27-19-23-22-18(15-9-5-6-10-16(15)20)24(19)14-7-3-2-4-8-14/h2-10H,11-13H2,1H3,(H,21,25). The van der Waals surface area contributed by atoms with Crippen molar-refractivity contribution >= 4 is 17.7 Å². The first kappa shape index (κ1) is 19.1. The van der Waals surface area contributed by atoms with Crippen molar-refractivity contribution in [2.45, 2.75) is 5.16 Å². The summed E-state index contributed by atoms with van der Waals surface area (Å²) in [5.74, 6) is 0.0519. The van der Waals surface area contributed by atoms with E-state index in [0.717, 1.165) is 5.69 Å². The van der Waals surface area contributed by atoms with E-state index in [9.17, 15) is 9.18 Å². The van der Waals surface area contributed by atoms with Crippen molar-refractivity contribution in [3.63, 3.8) is 0 Å². The predicted molar refractivity (Wildman–Crippen MR) is 102 cm³/mol. The first-order chi connectivity index (χ1) is 13.2. The summed E-state index contributed by atoms with van der Waals surface area (Å²) in [7, 11) is 1.58. The van der Waals surface area contributed by atoms with Gasteiger partial charge in [0, 0.05) is 19.3 Å². The number of para-hydroxylation sites is 1. The van der Waals surface area contributed by atoms with Gasteiger partial charge in [-0.1, -0.05) is 42.1 Å². The van der Waals surface area contributed by atoms with E-state index in [-0.39, 0.29) is 17.5 Å². The summed E-state index contributed by atoms with van der Waals surface area (Å²) in [4.78, 5) is 12.0.